The number of allylic oxidation sites excluding steroid dienone is 2. The summed E-state index contributed by atoms with van der Waals surface area (Å²) < 4.78 is 0. The van der Waals surface area contributed by atoms with Crippen LogP contribution in [0.5, 0.6) is 0 Å². The second-order valence-corrected chi connectivity index (χ2v) is 16.2. The molecule has 1 aliphatic carbocycles. The first-order valence-electron chi connectivity index (χ1n) is 19.0. The van der Waals surface area contributed by atoms with Crippen LogP contribution < -0.4 is 15.5 Å². The van der Waals surface area contributed by atoms with Gasteiger partial charge in [0.1, 0.15) is 5.69 Å². The van der Waals surface area contributed by atoms with Crippen molar-refractivity contribution in [3.05, 3.63) is 192 Å². The number of hydrogen-bond acceptors (Lipinski definition) is 5. The third-order valence-electron chi connectivity index (χ3n) is 11.9. The van der Waals surface area contributed by atoms with Gasteiger partial charge in [0.05, 0.1) is 17.9 Å². The summed E-state index contributed by atoms with van der Waals surface area (Å²) in [4.78, 5) is 2.49. The smallest absolute Gasteiger partial charge is 0.179 e. The maximum atomic E-state index is 4.93. The van der Waals surface area contributed by atoms with Crippen LogP contribution in [0.4, 0.5) is 34.3 Å². The fourth-order valence-electron chi connectivity index (χ4n) is 8.72. The van der Waals surface area contributed by atoms with Crippen molar-refractivity contribution in [3.63, 3.8) is 0 Å². The van der Waals surface area contributed by atoms with Gasteiger partial charge in [0.2, 0.25) is 0 Å². The van der Waals surface area contributed by atoms with E-state index in [0.29, 0.717) is 5.82 Å². The largest absolute Gasteiger partial charge is 0.352 e. The molecule has 0 fully saturated rings. The van der Waals surface area contributed by atoms with Crippen molar-refractivity contribution in [2.45, 2.75) is 63.8 Å². The molecule has 2 unspecified atom stereocenters. The first-order chi connectivity index (χ1) is 26.1. The summed E-state index contributed by atoms with van der Waals surface area (Å²) in [6.45, 7) is 13.9. The van der Waals surface area contributed by atoms with Crippen LogP contribution in [0.1, 0.15) is 69.4 Å². The number of hydrogen-bond donors (Lipinski definition) is 2. The molecule has 1 aromatic heterocycles. The highest BCUT2D eigenvalue weighted by Crippen LogP contribution is 2.54. The number of aromatic nitrogens is 2. The van der Waals surface area contributed by atoms with E-state index in [1.807, 2.05) is 6.20 Å². The van der Waals surface area contributed by atoms with Crippen LogP contribution in [-0.2, 0) is 16.2 Å². The molecular weight excluding hydrogens is 659 g/mol. The fraction of sp³-hybridized carbons (Fsp3) is 0.224. The van der Waals surface area contributed by atoms with Gasteiger partial charge >= 0.3 is 0 Å². The molecule has 5 nitrogen and oxygen atoms in total. The summed E-state index contributed by atoms with van der Waals surface area (Å²) in [6.07, 6.45) is 11.0. The highest BCUT2D eigenvalue weighted by molar-refractivity contribution is 5.91. The number of anilines is 6. The first kappa shape index (κ1) is 35.1. The van der Waals surface area contributed by atoms with Crippen LogP contribution in [0.15, 0.2) is 164 Å². The topological polar surface area (TPSA) is 53.1 Å². The third kappa shape index (κ3) is 6.08. The van der Waals surface area contributed by atoms with Gasteiger partial charge in [-0.2, -0.15) is 5.10 Å². The number of benzene rings is 5. The molecule has 0 bridgehead atoms. The van der Waals surface area contributed by atoms with Gasteiger partial charge in [-0.15, -0.1) is 5.10 Å². The average molecular weight is 708 g/mol. The highest BCUT2D eigenvalue weighted by atomic mass is 15.3. The zero-order valence-corrected chi connectivity index (χ0v) is 32.1. The molecule has 0 amide bonds. The van der Waals surface area contributed by atoms with E-state index in [4.69, 9.17) is 5.10 Å². The minimum atomic E-state index is -0.278. The normalized spacial score (nSPS) is 17.4. The zero-order chi connectivity index (χ0) is 37.5. The molecule has 0 spiro atoms. The van der Waals surface area contributed by atoms with Crippen LogP contribution in [0.25, 0.3) is 0 Å². The Labute approximate surface area is 320 Å². The second kappa shape index (κ2) is 13.8. The summed E-state index contributed by atoms with van der Waals surface area (Å²) in [6, 6.07) is 47.5. The van der Waals surface area contributed by atoms with E-state index in [1.165, 1.54) is 33.5 Å². The van der Waals surface area contributed by atoms with Gasteiger partial charge < -0.3 is 15.5 Å². The maximum absolute atomic E-state index is 4.93. The fourth-order valence-corrected chi connectivity index (χ4v) is 8.72. The molecule has 1 aliphatic heterocycles. The molecule has 0 saturated heterocycles. The lowest BCUT2D eigenvalue weighted by molar-refractivity contribution is 0.332. The van der Waals surface area contributed by atoms with Gasteiger partial charge in [0.15, 0.2) is 5.82 Å². The van der Waals surface area contributed by atoms with Gasteiger partial charge in [0.25, 0.3) is 0 Å². The quantitative estimate of drug-likeness (QED) is 0.157. The molecule has 5 aromatic carbocycles. The van der Waals surface area contributed by atoms with Crippen LogP contribution in [0.2, 0.25) is 0 Å². The Hall–Kier alpha value is -5.94. The Morgan fingerprint density at radius 2 is 1.09 bits per heavy atom. The molecular formula is C49H49N5. The highest BCUT2D eigenvalue weighted by Gasteiger charge is 2.46. The van der Waals surface area contributed by atoms with E-state index in [9.17, 15) is 0 Å². The Kier molecular flexibility index (Phi) is 8.97. The molecule has 8 rings (SSSR count). The summed E-state index contributed by atoms with van der Waals surface area (Å²) >= 11 is 0. The van der Waals surface area contributed by atoms with Crippen LogP contribution in [0.3, 0.4) is 0 Å². The molecule has 6 aromatic rings. The van der Waals surface area contributed by atoms with E-state index in [0.717, 1.165) is 22.7 Å². The van der Waals surface area contributed by atoms with E-state index in [1.54, 1.807) is 0 Å². The van der Waals surface area contributed by atoms with Crippen molar-refractivity contribution >= 4 is 34.3 Å². The molecule has 54 heavy (non-hydrogen) atoms. The Bertz CT molecular complexity index is 2220. The van der Waals surface area contributed by atoms with Gasteiger partial charge in [0, 0.05) is 39.2 Å². The molecule has 2 aliphatic rings. The molecule has 270 valence electrons. The summed E-state index contributed by atoms with van der Waals surface area (Å²) in [7, 11) is 0. The number of fused-ring (bicyclic) bond motifs is 2. The zero-order valence-electron chi connectivity index (χ0n) is 32.1. The lowest BCUT2D eigenvalue weighted by atomic mass is 9.65. The number of nitrogens with zero attached hydrogens (tertiary/aromatic N) is 3. The SMILES string of the molecule is CC(C)(c1ccccc1)c1ccccc1Nc1cnnc(Nc2ccccc2C(C)(C)c2ccccc2)c1N1c2ccccc2C(C)(C)C2C=CC=CC21. The van der Waals surface area contributed by atoms with Crippen molar-refractivity contribution < 1.29 is 0 Å². The molecule has 2 N–H and O–H groups in total. The van der Waals surface area contributed by atoms with E-state index in [-0.39, 0.29) is 28.2 Å². The van der Waals surface area contributed by atoms with Crippen molar-refractivity contribution in [1.82, 2.24) is 10.2 Å². The standard InChI is InChI=1S/C49H49N5/c1-47(2,34-21-9-7-10-22-34)36-25-13-17-29-40(36)51-42-33-50-53-46(52-41-30-18-14-26-37(41)48(3,4)35-23-11-8-12-24-35)45(42)54-43-31-19-15-27-38(43)49(5,6)39-28-16-20-32-44(39)54/h7-33,38,43H,1-6H3,(H2,51,52,53). The van der Waals surface area contributed by atoms with Gasteiger partial charge in [-0.05, 0) is 46.0 Å². The number of rotatable bonds is 9. The average Bonchev–Trinajstić information content (AvgIpc) is 3.20. The first-order valence-corrected chi connectivity index (χ1v) is 19.0. The Balaban J connectivity index is 1.33. The van der Waals surface area contributed by atoms with Gasteiger partial charge in [-0.1, -0.05) is 181 Å². The molecule has 0 radical (unpaired) electrons. The van der Waals surface area contributed by atoms with E-state index in [2.05, 4.69) is 220 Å². The molecule has 0 saturated carbocycles. The predicted molar refractivity (Wildman–Crippen MR) is 226 cm³/mol. The maximum Gasteiger partial charge on any atom is 0.179 e. The number of para-hydroxylation sites is 3. The molecule has 5 heteroatoms. The summed E-state index contributed by atoms with van der Waals surface area (Å²) in [5.41, 5.74) is 10.5. The molecule has 2 heterocycles. The predicted octanol–water partition coefficient (Wildman–Crippen LogP) is 12.2. The minimum Gasteiger partial charge on any atom is -0.352 e. The number of nitrogens with one attached hydrogen (secondary N) is 2. The lowest BCUT2D eigenvalue weighted by Gasteiger charge is -2.51. The summed E-state index contributed by atoms with van der Waals surface area (Å²) in [5.74, 6) is 0.909. The van der Waals surface area contributed by atoms with Crippen molar-refractivity contribution in [2.24, 2.45) is 5.92 Å². The minimum absolute atomic E-state index is 0.0391. The van der Waals surface area contributed by atoms with Crippen LogP contribution >= 0.6 is 0 Å². The van der Waals surface area contributed by atoms with Crippen LogP contribution in [0, 0.1) is 5.92 Å². The van der Waals surface area contributed by atoms with Crippen LogP contribution in [-0.4, -0.2) is 16.2 Å². The van der Waals surface area contributed by atoms with Crippen molar-refractivity contribution in [2.75, 3.05) is 15.5 Å². The summed E-state index contributed by atoms with van der Waals surface area (Å²) in [5, 5.41) is 17.4. The van der Waals surface area contributed by atoms with Gasteiger partial charge in [-0.25, -0.2) is 0 Å². The van der Waals surface area contributed by atoms with Crippen molar-refractivity contribution in [1.29, 1.82) is 0 Å². The van der Waals surface area contributed by atoms with E-state index >= 15 is 0 Å². The molecule has 2 atom stereocenters. The Morgan fingerprint density at radius 3 is 1.72 bits per heavy atom. The third-order valence-corrected chi connectivity index (χ3v) is 11.9. The monoisotopic (exact) mass is 707 g/mol. The Morgan fingerprint density at radius 1 is 0.574 bits per heavy atom. The van der Waals surface area contributed by atoms with E-state index < -0.39 is 0 Å². The van der Waals surface area contributed by atoms with Gasteiger partial charge in [-0.3, -0.25) is 0 Å². The van der Waals surface area contributed by atoms with Crippen molar-refractivity contribution in [3.8, 4) is 0 Å². The second-order valence-electron chi connectivity index (χ2n) is 16.2. The lowest BCUT2D eigenvalue weighted by Crippen LogP contribution is -2.50.